The van der Waals surface area contributed by atoms with Crippen LogP contribution in [0.1, 0.15) is 16.9 Å². The highest BCUT2D eigenvalue weighted by atomic mass is 35.5. The number of methoxy groups -OCH3 is 1. The van der Waals surface area contributed by atoms with E-state index in [2.05, 4.69) is 4.98 Å². The van der Waals surface area contributed by atoms with Crippen LogP contribution in [0.25, 0.3) is 0 Å². The van der Waals surface area contributed by atoms with E-state index in [4.69, 9.17) is 22.1 Å². The fourth-order valence-corrected chi connectivity index (χ4v) is 2.33. The zero-order valence-electron chi connectivity index (χ0n) is 10.2. The van der Waals surface area contributed by atoms with E-state index in [0.29, 0.717) is 36.5 Å². The second kappa shape index (κ2) is 5.54. The van der Waals surface area contributed by atoms with Gasteiger partial charge in [0, 0.05) is 26.1 Å². The van der Waals surface area contributed by atoms with Gasteiger partial charge in [-0.3, -0.25) is 4.79 Å². The van der Waals surface area contributed by atoms with Crippen molar-refractivity contribution in [1.29, 1.82) is 0 Å². The first-order chi connectivity index (χ1) is 8.61. The fraction of sp³-hybridized carbons (Fsp3) is 0.500. The molecular weight excluding hydrogens is 254 g/mol. The lowest BCUT2D eigenvalue weighted by atomic mass is 10.1. The van der Waals surface area contributed by atoms with Gasteiger partial charge in [-0.2, -0.15) is 0 Å². The number of rotatable bonds is 3. The van der Waals surface area contributed by atoms with Crippen LogP contribution in [0.2, 0.25) is 5.02 Å². The smallest absolute Gasteiger partial charge is 0.274 e. The molecule has 0 aliphatic carbocycles. The van der Waals surface area contributed by atoms with Crippen molar-refractivity contribution >= 4 is 23.3 Å². The Bertz CT molecular complexity index is 453. The largest absolute Gasteiger partial charge is 0.384 e. The molecule has 2 heterocycles. The van der Waals surface area contributed by atoms with E-state index in [0.717, 1.165) is 6.42 Å². The van der Waals surface area contributed by atoms with E-state index in [1.165, 1.54) is 0 Å². The number of likely N-dealkylation sites (tertiary alicyclic amines) is 1. The minimum atomic E-state index is -0.161. The number of nitrogens with zero attached hydrogens (tertiary/aromatic N) is 2. The molecule has 1 aromatic rings. The number of hydrogen-bond donors (Lipinski definition) is 1. The number of hydrogen-bond acceptors (Lipinski definition) is 4. The van der Waals surface area contributed by atoms with E-state index < -0.39 is 0 Å². The van der Waals surface area contributed by atoms with Gasteiger partial charge in [-0.1, -0.05) is 11.6 Å². The number of halogens is 1. The summed E-state index contributed by atoms with van der Waals surface area (Å²) in [7, 11) is 1.67. The summed E-state index contributed by atoms with van der Waals surface area (Å²) in [5.41, 5.74) is 5.81. The monoisotopic (exact) mass is 269 g/mol. The average Bonchev–Trinajstić information content (AvgIpc) is 2.80. The van der Waals surface area contributed by atoms with Crippen LogP contribution in [0.4, 0.5) is 5.82 Å². The van der Waals surface area contributed by atoms with Crippen molar-refractivity contribution in [2.24, 2.45) is 5.92 Å². The summed E-state index contributed by atoms with van der Waals surface area (Å²) in [6.45, 7) is 2.06. The molecule has 0 spiro atoms. The van der Waals surface area contributed by atoms with Crippen LogP contribution >= 0.6 is 11.6 Å². The van der Waals surface area contributed by atoms with Crippen molar-refractivity contribution < 1.29 is 9.53 Å². The number of ether oxygens (including phenoxy) is 1. The first kappa shape index (κ1) is 13.1. The number of carbonyl (C=O) groups is 1. The summed E-state index contributed by atoms with van der Waals surface area (Å²) in [6, 6.07) is 3.18. The number of carbonyl (C=O) groups excluding carboxylic acids is 1. The number of pyridine rings is 1. The zero-order chi connectivity index (χ0) is 13.1. The Morgan fingerprint density at radius 2 is 2.44 bits per heavy atom. The predicted octanol–water partition coefficient (Wildman–Crippen LogP) is 1.43. The average molecular weight is 270 g/mol. The minimum absolute atomic E-state index is 0.161. The third-order valence-electron chi connectivity index (χ3n) is 3.05. The van der Waals surface area contributed by atoms with Crippen LogP contribution in [-0.2, 0) is 4.74 Å². The van der Waals surface area contributed by atoms with Crippen LogP contribution in [0.5, 0.6) is 0 Å². The Balaban J connectivity index is 2.10. The van der Waals surface area contributed by atoms with Gasteiger partial charge in [-0.05, 0) is 18.6 Å². The van der Waals surface area contributed by atoms with E-state index >= 15 is 0 Å². The molecule has 2 rings (SSSR count). The molecule has 1 aliphatic heterocycles. The molecule has 1 atom stereocenters. The number of anilines is 1. The molecule has 1 amide bonds. The van der Waals surface area contributed by atoms with Gasteiger partial charge in [-0.25, -0.2) is 4.98 Å². The van der Waals surface area contributed by atoms with Crippen molar-refractivity contribution in [1.82, 2.24) is 9.88 Å². The Kier molecular flexibility index (Phi) is 4.04. The molecule has 1 aromatic heterocycles. The first-order valence-corrected chi connectivity index (χ1v) is 6.20. The summed E-state index contributed by atoms with van der Waals surface area (Å²) < 4.78 is 5.10. The quantitative estimate of drug-likeness (QED) is 0.901. The van der Waals surface area contributed by atoms with Crippen LogP contribution in [0.3, 0.4) is 0 Å². The third-order valence-corrected chi connectivity index (χ3v) is 3.35. The molecule has 0 aromatic carbocycles. The molecule has 5 nitrogen and oxygen atoms in total. The molecule has 1 unspecified atom stereocenters. The van der Waals surface area contributed by atoms with Gasteiger partial charge in [0.05, 0.1) is 11.6 Å². The van der Waals surface area contributed by atoms with E-state index in [1.807, 2.05) is 0 Å². The SMILES string of the molecule is COCC1CCN(C(=O)c2nc(N)ccc2Cl)C1. The number of aromatic nitrogens is 1. The van der Waals surface area contributed by atoms with Gasteiger partial charge in [0.1, 0.15) is 11.5 Å². The molecule has 0 bridgehead atoms. The minimum Gasteiger partial charge on any atom is -0.384 e. The summed E-state index contributed by atoms with van der Waals surface area (Å²) in [5, 5.41) is 0.337. The molecule has 6 heteroatoms. The summed E-state index contributed by atoms with van der Waals surface area (Å²) in [5.74, 6) is 0.528. The van der Waals surface area contributed by atoms with Gasteiger partial charge in [0.15, 0.2) is 0 Å². The maximum atomic E-state index is 12.3. The van der Waals surface area contributed by atoms with E-state index in [1.54, 1.807) is 24.1 Å². The third kappa shape index (κ3) is 2.73. The van der Waals surface area contributed by atoms with E-state index in [9.17, 15) is 4.79 Å². The maximum absolute atomic E-state index is 12.3. The highest BCUT2D eigenvalue weighted by Gasteiger charge is 2.28. The van der Waals surface area contributed by atoms with Gasteiger partial charge in [0.25, 0.3) is 5.91 Å². The molecule has 18 heavy (non-hydrogen) atoms. The normalized spacial score (nSPS) is 19.2. The molecule has 1 saturated heterocycles. The number of nitrogen functional groups attached to an aromatic ring is 1. The summed E-state index contributed by atoms with van der Waals surface area (Å²) in [4.78, 5) is 18.0. The molecule has 1 fully saturated rings. The number of nitrogens with two attached hydrogens (primary N) is 1. The highest BCUT2D eigenvalue weighted by Crippen LogP contribution is 2.22. The highest BCUT2D eigenvalue weighted by molar-refractivity contribution is 6.33. The van der Waals surface area contributed by atoms with Gasteiger partial charge in [0.2, 0.25) is 0 Å². The Morgan fingerprint density at radius 3 is 3.17 bits per heavy atom. The van der Waals surface area contributed by atoms with Crippen molar-refractivity contribution in [2.75, 3.05) is 32.5 Å². The Hall–Kier alpha value is -1.33. The molecular formula is C12H16ClN3O2. The van der Waals surface area contributed by atoms with Gasteiger partial charge in [-0.15, -0.1) is 0 Å². The van der Waals surface area contributed by atoms with Crippen molar-refractivity contribution in [3.8, 4) is 0 Å². The van der Waals surface area contributed by atoms with Gasteiger partial charge >= 0.3 is 0 Å². The summed E-state index contributed by atoms with van der Waals surface area (Å²) in [6.07, 6.45) is 0.944. The first-order valence-electron chi connectivity index (χ1n) is 5.82. The second-order valence-corrected chi connectivity index (χ2v) is 4.83. The van der Waals surface area contributed by atoms with Crippen LogP contribution in [0.15, 0.2) is 12.1 Å². The van der Waals surface area contributed by atoms with Crippen molar-refractivity contribution in [3.05, 3.63) is 22.8 Å². The molecule has 0 saturated carbocycles. The maximum Gasteiger partial charge on any atom is 0.274 e. The number of amides is 1. The Morgan fingerprint density at radius 1 is 1.67 bits per heavy atom. The molecule has 2 N–H and O–H groups in total. The fourth-order valence-electron chi connectivity index (χ4n) is 2.15. The lowest BCUT2D eigenvalue weighted by molar-refractivity contribution is 0.0770. The lowest BCUT2D eigenvalue weighted by Crippen LogP contribution is -2.30. The van der Waals surface area contributed by atoms with Gasteiger partial charge < -0.3 is 15.4 Å². The lowest BCUT2D eigenvalue weighted by Gasteiger charge is -2.16. The van der Waals surface area contributed by atoms with Crippen LogP contribution in [-0.4, -0.2) is 42.6 Å². The molecule has 98 valence electrons. The van der Waals surface area contributed by atoms with Crippen molar-refractivity contribution in [3.63, 3.8) is 0 Å². The Labute approximate surface area is 111 Å². The standard InChI is InChI=1S/C12H16ClN3O2/c1-18-7-8-4-5-16(6-8)12(17)11-9(13)2-3-10(14)15-11/h2-3,8H,4-7H2,1H3,(H2,14,15). The van der Waals surface area contributed by atoms with E-state index in [-0.39, 0.29) is 11.6 Å². The van der Waals surface area contributed by atoms with Crippen LogP contribution < -0.4 is 5.73 Å². The molecule has 1 aliphatic rings. The summed E-state index contributed by atoms with van der Waals surface area (Å²) >= 11 is 5.98. The molecule has 0 radical (unpaired) electrons. The zero-order valence-corrected chi connectivity index (χ0v) is 11.0. The van der Waals surface area contributed by atoms with Crippen molar-refractivity contribution in [2.45, 2.75) is 6.42 Å². The second-order valence-electron chi connectivity index (χ2n) is 4.43. The predicted molar refractivity (Wildman–Crippen MR) is 69.5 cm³/mol. The topological polar surface area (TPSA) is 68.5 Å². The van der Waals surface area contributed by atoms with Crippen LogP contribution in [0, 0.1) is 5.92 Å².